The smallest absolute Gasteiger partial charge is 0.258 e. The molecule has 2 heterocycles. The van der Waals surface area contributed by atoms with E-state index in [1.807, 2.05) is 24.3 Å². The van der Waals surface area contributed by atoms with Crippen LogP contribution in [0.15, 0.2) is 59.0 Å². The Balaban J connectivity index is 1.60. The molecule has 2 aromatic rings. The van der Waals surface area contributed by atoms with Crippen molar-refractivity contribution >= 4 is 40.1 Å². The number of non-ortho nitro benzene ring substituents is 1. The Morgan fingerprint density at radius 2 is 1.85 bits per heavy atom. The Morgan fingerprint density at radius 3 is 2.58 bits per heavy atom. The average molecular weight is 463 g/mol. The number of anilines is 1. The van der Waals surface area contributed by atoms with E-state index in [4.69, 9.17) is 0 Å². The van der Waals surface area contributed by atoms with E-state index in [9.17, 15) is 19.7 Å². The van der Waals surface area contributed by atoms with Gasteiger partial charge in [0.2, 0.25) is 0 Å². The number of aryl methyl sites for hydroxylation is 1. The molecule has 168 valence electrons. The minimum absolute atomic E-state index is 0.0157. The quantitative estimate of drug-likeness (QED) is 0.336. The second kappa shape index (κ2) is 8.59. The van der Waals surface area contributed by atoms with Gasteiger partial charge in [0.05, 0.1) is 4.92 Å². The SMILES string of the molecule is CCc1ccc(N2C(=O)C3C4=C(CCCC4)SC3=[N+](Cc3cccc([N+](=O)[O-])c3)C2=O)cc1. The number of hydrogen-bond acceptors (Lipinski definition) is 5. The number of thioether (sulfide) groups is 1. The van der Waals surface area contributed by atoms with Gasteiger partial charge >= 0.3 is 11.9 Å². The maximum absolute atomic E-state index is 13.7. The second-order valence-corrected chi connectivity index (χ2v) is 9.63. The van der Waals surface area contributed by atoms with Gasteiger partial charge in [0, 0.05) is 17.7 Å². The fraction of sp³-hybridized carbons (Fsp3) is 0.320. The van der Waals surface area contributed by atoms with Crippen molar-refractivity contribution in [2.24, 2.45) is 5.92 Å². The van der Waals surface area contributed by atoms with Crippen molar-refractivity contribution in [2.75, 3.05) is 4.90 Å². The van der Waals surface area contributed by atoms with Crippen LogP contribution in [0.1, 0.15) is 43.7 Å². The molecule has 5 rings (SSSR count). The van der Waals surface area contributed by atoms with Crippen molar-refractivity contribution in [2.45, 2.75) is 45.6 Å². The Bertz CT molecular complexity index is 1230. The molecule has 3 amide bonds. The minimum Gasteiger partial charge on any atom is -0.258 e. The standard InChI is InChI=1S/C25H24N3O4S/c1-2-16-10-12-18(13-11-16)27-23(29)22-20-8-3-4-9-21(20)33-24(22)26(25(27)30)15-17-6-5-7-19(14-17)28(31)32/h5-7,10-14,22H,2-4,8-9,15H2,1H3/q+1. The highest BCUT2D eigenvalue weighted by molar-refractivity contribution is 8.17. The molecule has 1 atom stereocenters. The Morgan fingerprint density at radius 1 is 1.09 bits per heavy atom. The van der Waals surface area contributed by atoms with Gasteiger partial charge in [-0.25, -0.2) is 4.79 Å². The number of carbonyl (C=O) groups is 2. The third-order valence-corrected chi connectivity index (χ3v) is 7.88. The van der Waals surface area contributed by atoms with Crippen molar-refractivity contribution in [3.8, 4) is 0 Å². The number of hydrogen-bond donors (Lipinski definition) is 0. The van der Waals surface area contributed by atoms with Crippen LogP contribution in [0.3, 0.4) is 0 Å². The zero-order valence-corrected chi connectivity index (χ0v) is 19.1. The average Bonchev–Trinajstić information content (AvgIpc) is 3.22. The number of carbonyl (C=O) groups excluding carboxylic acids is 2. The molecule has 0 bridgehead atoms. The van der Waals surface area contributed by atoms with Crippen LogP contribution in [0.5, 0.6) is 0 Å². The summed E-state index contributed by atoms with van der Waals surface area (Å²) in [4.78, 5) is 40.7. The Labute approximate surface area is 195 Å². The van der Waals surface area contributed by atoms with Crippen LogP contribution in [0.4, 0.5) is 16.2 Å². The number of nitrogens with zero attached hydrogens (tertiary/aromatic N) is 3. The molecule has 0 fully saturated rings. The number of nitro groups is 1. The van der Waals surface area contributed by atoms with E-state index in [1.54, 1.807) is 28.5 Å². The number of urea groups is 1. The van der Waals surface area contributed by atoms with Crippen molar-refractivity contribution < 1.29 is 19.1 Å². The highest BCUT2D eigenvalue weighted by atomic mass is 32.2. The Hall–Kier alpha value is -3.26. The van der Waals surface area contributed by atoms with Gasteiger partial charge in [0.15, 0.2) is 11.0 Å². The van der Waals surface area contributed by atoms with E-state index in [1.165, 1.54) is 21.9 Å². The lowest BCUT2D eigenvalue weighted by atomic mass is 9.88. The van der Waals surface area contributed by atoms with Crippen LogP contribution in [0.2, 0.25) is 0 Å². The number of nitro benzene ring substituents is 1. The summed E-state index contributed by atoms with van der Waals surface area (Å²) in [6.07, 6.45) is 4.79. The maximum atomic E-state index is 13.7. The molecule has 8 heteroatoms. The molecule has 2 aromatic carbocycles. The number of rotatable bonds is 5. The fourth-order valence-corrected chi connectivity index (χ4v) is 6.24. The molecule has 0 radical (unpaired) electrons. The number of imide groups is 1. The monoisotopic (exact) mass is 462 g/mol. The predicted molar refractivity (Wildman–Crippen MR) is 127 cm³/mol. The minimum atomic E-state index is -0.451. The first kappa shape index (κ1) is 21.6. The van der Waals surface area contributed by atoms with Gasteiger partial charge in [-0.1, -0.05) is 43.0 Å². The highest BCUT2D eigenvalue weighted by Gasteiger charge is 2.54. The molecule has 0 aromatic heterocycles. The van der Waals surface area contributed by atoms with Crippen LogP contribution in [-0.2, 0) is 17.8 Å². The third kappa shape index (κ3) is 3.78. The molecule has 0 saturated heterocycles. The topological polar surface area (TPSA) is 83.5 Å². The summed E-state index contributed by atoms with van der Waals surface area (Å²) in [5.74, 6) is -0.651. The molecule has 0 saturated carbocycles. The van der Waals surface area contributed by atoms with E-state index in [0.29, 0.717) is 11.3 Å². The summed E-state index contributed by atoms with van der Waals surface area (Å²) >= 11 is 1.55. The molecule has 2 aliphatic heterocycles. The molecule has 33 heavy (non-hydrogen) atoms. The van der Waals surface area contributed by atoms with Gasteiger partial charge in [0.25, 0.3) is 5.69 Å². The van der Waals surface area contributed by atoms with E-state index in [0.717, 1.165) is 48.3 Å². The molecular formula is C25H24N3O4S+. The predicted octanol–water partition coefficient (Wildman–Crippen LogP) is 5.43. The summed E-state index contributed by atoms with van der Waals surface area (Å²) in [5.41, 5.74) is 3.46. The zero-order valence-electron chi connectivity index (χ0n) is 18.3. The van der Waals surface area contributed by atoms with Crippen molar-refractivity contribution in [1.82, 2.24) is 0 Å². The lowest BCUT2D eigenvalue weighted by molar-refractivity contribution is -0.443. The molecule has 0 spiro atoms. The van der Waals surface area contributed by atoms with Crippen LogP contribution >= 0.6 is 11.8 Å². The van der Waals surface area contributed by atoms with Gasteiger partial charge in [-0.2, -0.15) is 9.37 Å². The van der Waals surface area contributed by atoms with Crippen LogP contribution in [0.25, 0.3) is 0 Å². The normalized spacial score (nSPS) is 20.3. The van der Waals surface area contributed by atoms with Crippen molar-refractivity contribution in [3.63, 3.8) is 0 Å². The first-order chi connectivity index (χ1) is 16.0. The van der Waals surface area contributed by atoms with E-state index in [2.05, 4.69) is 6.92 Å². The van der Waals surface area contributed by atoms with Crippen molar-refractivity contribution in [1.29, 1.82) is 0 Å². The number of fused-ring (bicyclic) bond motifs is 2. The van der Waals surface area contributed by atoms with Crippen molar-refractivity contribution in [3.05, 3.63) is 80.3 Å². The molecule has 0 N–H and O–H groups in total. The van der Waals surface area contributed by atoms with E-state index >= 15 is 0 Å². The van der Waals surface area contributed by atoms with Gasteiger partial charge < -0.3 is 0 Å². The lowest BCUT2D eigenvalue weighted by Gasteiger charge is -2.26. The summed E-state index contributed by atoms with van der Waals surface area (Å²) < 4.78 is 1.64. The van der Waals surface area contributed by atoms with Gasteiger partial charge in [-0.05, 0) is 60.3 Å². The van der Waals surface area contributed by atoms with Crippen LogP contribution in [-0.4, -0.2) is 26.5 Å². The lowest BCUT2D eigenvalue weighted by Crippen LogP contribution is -2.53. The zero-order chi connectivity index (χ0) is 23.1. The maximum Gasteiger partial charge on any atom is 0.506 e. The molecule has 1 aliphatic carbocycles. The van der Waals surface area contributed by atoms with E-state index < -0.39 is 16.9 Å². The molecule has 1 unspecified atom stereocenters. The number of allylic oxidation sites excluding steroid dienone is 1. The summed E-state index contributed by atoms with van der Waals surface area (Å²) in [5, 5.41) is 12.0. The fourth-order valence-electron chi connectivity index (χ4n) is 4.78. The van der Waals surface area contributed by atoms with E-state index in [-0.39, 0.29) is 18.1 Å². The molecular weight excluding hydrogens is 438 g/mol. The highest BCUT2D eigenvalue weighted by Crippen LogP contribution is 2.48. The van der Waals surface area contributed by atoms with Crippen LogP contribution in [0, 0.1) is 16.0 Å². The summed E-state index contributed by atoms with van der Waals surface area (Å²) in [6.45, 7) is 2.23. The largest absolute Gasteiger partial charge is 0.506 e. The second-order valence-electron chi connectivity index (χ2n) is 8.52. The first-order valence-corrected chi connectivity index (χ1v) is 12.0. The van der Waals surface area contributed by atoms with Gasteiger partial charge in [0.1, 0.15) is 12.2 Å². The molecule has 3 aliphatic rings. The van der Waals surface area contributed by atoms with Crippen LogP contribution < -0.4 is 4.90 Å². The van der Waals surface area contributed by atoms with Gasteiger partial charge in [-0.15, -0.1) is 4.90 Å². The number of amides is 3. The van der Waals surface area contributed by atoms with Gasteiger partial charge in [-0.3, -0.25) is 10.1 Å². The first-order valence-electron chi connectivity index (χ1n) is 11.2. The summed E-state index contributed by atoms with van der Waals surface area (Å²) in [7, 11) is 0. The third-order valence-electron chi connectivity index (χ3n) is 6.50. The summed E-state index contributed by atoms with van der Waals surface area (Å²) in [6, 6.07) is 13.5. The Kier molecular flexibility index (Phi) is 5.62. The number of benzene rings is 2. The molecule has 7 nitrogen and oxygen atoms in total.